The van der Waals surface area contributed by atoms with Crippen molar-refractivity contribution in [3.63, 3.8) is 0 Å². The van der Waals surface area contributed by atoms with Gasteiger partial charge in [0.25, 0.3) is 0 Å². The predicted octanol–water partition coefficient (Wildman–Crippen LogP) is 3.10. The molecule has 1 aliphatic rings. The fraction of sp³-hybridized carbons (Fsp3) is 0.538. The Labute approximate surface area is 137 Å². The fourth-order valence-corrected chi connectivity index (χ4v) is 5.62. The Morgan fingerprint density at radius 1 is 1.20 bits per heavy atom. The van der Waals surface area contributed by atoms with Gasteiger partial charge in [0.05, 0.1) is 4.90 Å². The minimum Gasteiger partial charge on any atom is -0.328 e. The summed E-state index contributed by atoms with van der Waals surface area (Å²) in [5, 5.41) is 0. The average Bonchev–Trinajstić information content (AvgIpc) is 2.38. The Morgan fingerprint density at radius 3 is 2.35 bits per heavy atom. The molecule has 2 N–H and O–H groups in total. The van der Waals surface area contributed by atoms with E-state index in [1.165, 1.54) is 4.31 Å². The first-order valence-electron chi connectivity index (χ1n) is 6.51. The lowest BCUT2D eigenvalue weighted by atomic mass is 9.92. The van der Waals surface area contributed by atoms with Crippen LogP contribution in [0.5, 0.6) is 0 Å². The zero-order valence-electron chi connectivity index (χ0n) is 11.2. The lowest BCUT2D eigenvalue weighted by Gasteiger charge is -2.32. The second kappa shape index (κ2) is 6.44. The number of halogens is 2. The summed E-state index contributed by atoms with van der Waals surface area (Å²) in [5.74, 6) is 0. The molecular weight excluding hydrogens is 408 g/mol. The summed E-state index contributed by atoms with van der Waals surface area (Å²) >= 11 is 6.66. The molecule has 0 aromatic heterocycles. The third-order valence-corrected chi connectivity index (χ3v) is 7.19. The van der Waals surface area contributed by atoms with Gasteiger partial charge in [-0.15, -0.1) is 0 Å². The summed E-state index contributed by atoms with van der Waals surface area (Å²) in [6.07, 6.45) is 3.41. The molecule has 1 fully saturated rings. The number of benzene rings is 1. The summed E-state index contributed by atoms with van der Waals surface area (Å²) in [4.78, 5) is 0.304. The van der Waals surface area contributed by atoms with E-state index < -0.39 is 10.0 Å². The molecule has 7 heteroatoms. The molecule has 0 atom stereocenters. The van der Waals surface area contributed by atoms with Crippen molar-refractivity contribution in [2.24, 2.45) is 5.73 Å². The van der Waals surface area contributed by atoms with Crippen LogP contribution in [0.3, 0.4) is 0 Å². The topological polar surface area (TPSA) is 63.4 Å². The van der Waals surface area contributed by atoms with E-state index in [4.69, 9.17) is 5.73 Å². The first kappa shape index (κ1) is 16.4. The van der Waals surface area contributed by atoms with Gasteiger partial charge in [0, 0.05) is 28.1 Å². The molecule has 1 aliphatic carbocycles. The number of nitrogens with two attached hydrogens (primary N) is 1. The molecule has 0 saturated heterocycles. The molecule has 2 rings (SSSR count). The minimum absolute atomic E-state index is 0.0374. The molecule has 1 aromatic rings. The number of hydrogen-bond acceptors (Lipinski definition) is 3. The summed E-state index contributed by atoms with van der Waals surface area (Å²) < 4.78 is 28.3. The molecule has 0 spiro atoms. The van der Waals surface area contributed by atoms with Gasteiger partial charge >= 0.3 is 0 Å². The molecule has 0 unspecified atom stereocenters. The normalized spacial score (nSPS) is 24.1. The molecule has 20 heavy (non-hydrogen) atoms. The Balaban J connectivity index is 2.25. The maximum atomic E-state index is 12.7. The van der Waals surface area contributed by atoms with Crippen LogP contribution in [0.2, 0.25) is 0 Å². The van der Waals surface area contributed by atoms with Crippen LogP contribution in [0.25, 0.3) is 0 Å². The number of sulfonamides is 1. The van der Waals surface area contributed by atoms with Gasteiger partial charge in [0.15, 0.2) is 0 Å². The summed E-state index contributed by atoms with van der Waals surface area (Å²) in [5.41, 5.74) is 5.88. The van der Waals surface area contributed by atoms with E-state index in [-0.39, 0.29) is 12.1 Å². The first-order chi connectivity index (χ1) is 9.32. The summed E-state index contributed by atoms with van der Waals surface area (Å²) in [6, 6.07) is 5.35. The fourth-order valence-electron chi connectivity index (χ4n) is 2.50. The molecule has 4 nitrogen and oxygen atoms in total. The van der Waals surface area contributed by atoms with Gasteiger partial charge in [-0.25, -0.2) is 8.42 Å². The highest BCUT2D eigenvalue weighted by Gasteiger charge is 2.31. The van der Waals surface area contributed by atoms with Crippen molar-refractivity contribution in [3.05, 3.63) is 27.1 Å². The van der Waals surface area contributed by atoms with Crippen molar-refractivity contribution in [2.45, 2.75) is 42.7 Å². The number of rotatable bonds is 3. The standard InChI is InChI=1S/C13H18Br2N2O2S/c1-17(11-5-3-10(16)4-6-11)20(18,19)13-7-2-9(14)8-12(13)15/h2,7-8,10-11H,3-6,16H2,1H3. The van der Waals surface area contributed by atoms with Crippen molar-refractivity contribution in [1.82, 2.24) is 4.31 Å². The molecule has 0 heterocycles. The van der Waals surface area contributed by atoms with E-state index in [1.807, 2.05) is 0 Å². The second-order valence-corrected chi connectivity index (χ2v) is 8.90. The third-order valence-electron chi connectivity index (χ3n) is 3.81. The maximum Gasteiger partial charge on any atom is 0.244 e. The van der Waals surface area contributed by atoms with Crippen LogP contribution in [0.1, 0.15) is 25.7 Å². The third kappa shape index (κ3) is 3.44. The highest BCUT2D eigenvalue weighted by molar-refractivity contribution is 9.11. The SMILES string of the molecule is CN(C1CCC(N)CC1)S(=O)(=O)c1ccc(Br)cc1Br. The van der Waals surface area contributed by atoms with Crippen molar-refractivity contribution in [1.29, 1.82) is 0 Å². The van der Waals surface area contributed by atoms with Crippen LogP contribution >= 0.6 is 31.9 Å². The summed E-state index contributed by atoms with van der Waals surface area (Å²) in [7, 11) is -1.82. The molecule has 1 aromatic carbocycles. The van der Waals surface area contributed by atoms with Crippen LogP contribution in [-0.2, 0) is 10.0 Å². The van der Waals surface area contributed by atoms with E-state index in [0.717, 1.165) is 30.2 Å². The quantitative estimate of drug-likeness (QED) is 0.809. The molecule has 0 bridgehead atoms. The van der Waals surface area contributed by atoms with Crippen molar-refractivity contribution >= 4 is 41.9 Å². The van der Waals surface area contributed by atoms with Gasteiger partial charge in [-0.05, 0) is 59.8 Å². The molecule has 0 amide bonds. The number of nitrogens with zero attached hydrogens (tertiary/aromatic N) is 1. The molecule has 1 saturated carbocycles. The van der Waals surface area contributed by atoms with Crippen LogP contribution in [0.4, 0.5) is 0 Å². The molecule has 0 aliphatic heterocycles. The molecule has 112 valence electrons. The van der Waals surface area contributed by atoms with Crippen molar-refractivity contribution in [2.75, 3.05) is 7.05 Å². The van der Waals surface area contributed by atoms with E-state index in [2.05, 4.69) is 31.9 Å². The Hall–Kier alpha value is 0.0500. The van der Waals surface area contributed by atoms with Crippen molar-refractivity contribution < 1.29 is 8.42 Å². The zero-order valence-corrected chi connectivity index (χ0v) is 15.2. The lowest BCUT2D eigenvalue weighted by Crippen LogP contribution is -2.41. The van der Waals surface area contributed by atoms with Crippen LogP contribution < -0.4 is 5.73 Å². The van der Waals surface area contributed by atoms with Gasteiger partial charge < -0.3 is 5.73 Å². The summed E-state index contributed by atoms with van der Waals surface area (Å²) in [6.45, 7) is 0. The zero-order chi connectivity index (χ0) is 14.9. The van der Waals surface area contributed by atoms with Gasteiger partial charge in [-0.3, -0.25) is 0 Å². The predicted molar refractivity (Wildman–Crippen MR) is 87.0 cm³/mol. The number of hydrogen-bond donors (Lipinski definition) is 1. The Morgan fingerprint density at radius 2 is 1.80 bits per heavy atom. The van der Waals surface area contributed by atoms with Gasteiger partial charge in [-0.2, -0.15) is 4.31 Å². The highest BCUT2D eigenvalue weighted by atomic mass is 79.9. The average molecular weight is 426 g/mol. The van der Waals surface area contributed by atoms with E-state index >= 15 is 0 Å². The monoisotopic (exact) mass is 424 g/mol. The first-order valence-corrected chi connectivity index (χ1v) is 9.53. The Bertz CT molecular complexity index is 584. The van der Waals surface area contributed by atoms with Crippen LogP contribution in [0.15, 0.2) is 32.0 Å². The maximum absolute atomic E-state index is 12.7. The van der Waals surface area contributed by atoms with Crippen LogP contribution in [-0.4, -0.2) is 31.9 Å². The minimum atomic E-state index is -3.48. The lowest BCUT2D eigenvalue weighted by molar-refractivity contribution is 0.268. The van der Waals surface area contributed by atoms with Crippen LogP contribution in [0, 0.1) is 0 Å². The van der Waals surface area contributed by atoms with Gasteiger partial charge in [0.2, 0.25) is 10.0 Å². The molecular formula is C13H18Br2N2O2S. The van der Waals surface area contributed by atoms with Gasteiger partial charge in [-0.1, -0.05) is 15.9 Å². The Kier molecular flexibility index (Phi) is 5.29. The van der Waals surface area contributed by atoms with E-state index in [1.54, 1.807) is 25.2 Å². The highest BCUT2D eigenvalue weighted by Crippen LogP contribution is 2.31. The molecule has 0 radical (unpaired) electrons. The second-order valence-electron chi connectivity index (χ2n) is 5.16. The van der Waals surface area contributed by atoms with Crippen molar-refractivity contribution in [3.8, 4) is 0 Å². The van der Waals surface area contributed by atoms with Gasteiger partial charge in [0.1, 0.15) is 0 Å². The van der Waals surface area contributed by atoms with E-state index in [9.17, 15) is 8.42 Å². The van der Waals surface area contributed by atoms with E-state index in [0.29, 0.717) is 9.37 Å². The largest absolute Gasteiger partial charge is 0.328 e. The smallest absolute Gasteiger partial charge is 0.244 e.